The fourth-order valence-electron chi connectivity index (χ4n) is 4.66. The lowest BCUT2D eigenvalue weighted by molar-refractivity contribution is -0.117. The quantitative estimate of drug-likeness (QED) is 0.108. The monoisotopic (exact) mass is 466 g/mol. The van der Waals surface area contributed by atoms with Gasteiger partial charge in [0, 0.05) is 6.42 Å². The molecule has 198 valence electrons. The Labute approximate surface area is 208 Å². The molecule has 0 aliphatic carbocycles. The van der Waals surface area contributed by atoms with Gasteiger partial charge in [0.25, 0.3) is 0 Å². The van der Waals surface area contributed by atoms with Gasteiger partial charge in [-0.05, 0) is 32.4 Å². The molecule has 0 amide bonds. The van der Waals surface area contributed by atoms with E-state index in [1.165, 1.54) is 161 Å². The highest BCUT2D eigenvalue weighted by molar-refractivity contribution is 5.80. The van der Waals surface area contributed by atoms with Crippen molar-refractivity contribution in [2.24, 2.45) is 5.73 Å². The molecule has 0 spiro atoms. The molecule has 0 rings (SSSR count). The molecule has 0 heterocycles. The Morgan fingerprint density at radius 3 is 1.12 bits per heavy atom. The first-order chi connectivity index (χ1) is 16.3. The lowest BCUT2D eigenvalue weighted by Gasteiger charge is -2.06. The maximum absolute atomic E-state index is 11.1. The van der Waals surface area contributed by atoms with Crippen molar-refractivity contribution in [2.45, 2.75) is 167 Å². The second-order valence-electron chi connectivity index (χ2n) is 10.4. The Hall–Kier alpha value is -0.410. The number of nitrogens with two attached hydrogens (primary N) is 1. The zero-order valence-corrected chi connectivity index (χ0v) is 22.8. The molecular weight excluding hydrogens is 404 g/mol. The van der Waals surface area contributed by atoms with Crippen molar-refractivity contribution in [2.75, 3.05) is 19.6 Å². The Morgan fingerprint density at radius 2 is 0.788 bits per heavy atom. The van der Waals surface area contributed by atoms with Crippen LogP contribution < -0.4 is 11.1 Å². The van der Waals surface area contributed by atoms with Crippen molar-refractivity contribution in [3.63, 3.8) is 0 Å². The van der Waals surface area contributed by atoms with Crippen molar-refractivity contribution in [1.29, 1.82) is 0 Å². The zero-order chi connectivity index (χ0) is 24.1. The van der Waals surface area contributed by atoms with Gasteiger partial charge in [-0.2, -0.15) is 0 Å². The van der Waals surface area contributed by atoms with Crippen LogP contribution in [0, 0.1) is 0 Å². The van der Waals surface area contributed by atoms with E-state index in [4.69, 9.17) is 5.73 Å². The van der Waals surface area contributed by atoms with E-state index in [1.807, 2.05) is 0 Å². The van der Waals surface area contributed by atoms with Crippen molar-refractivity contribution < 1.29 is 4.79 Å². The molecule has 0 fully saturated rings. The van der Waals surface area contributed by atoms with Gasteiger partial charge in [0.15, 0.2) is 0 Å². The summed E-state index contributed by atoms with van der Waals surface area (Å²) in [6.45, 7) is 4.95. The van der Waals surface area contributed by atoms with Crippen LogP contribution in [0.3, 0.4) is 0 Å². The van der Waals surface area contributed by atoms with Crippen molar-refractivity contribution >= 4 is 5.78 Å². The fourth-order valence-corrected chi connectivity index (χ4v) is 4.66. The number of hydrogen-bond donors (Lipinski definition) is 2. The van der Waals surface area contributed by atoms with Crippen LogP contribution in [0.1, 0.15) is 167 Å². The van der Waals surface area contributed by atoms with E-state index in [9.17, 15) is 4.79 Å². The molecule has 0 aromatic carbocycles. The van der Waals surface area contributed by atoms with E-state index >= 15 is 0 Å². The maximum atomic E-state index is 11.1. The molecule has 3 N–H and O–H groups in total. The number of hydrogen-bond acceptors (Lipinski definition) is 3. The molecule has 0 atom stereocenters. The summed E-state index contributed by atoms with van der Waals surface area (Å²) < 4.78 is 0. The predicted octanol–water partition coefficient (Wildman–Crippen LogP) is 8.88. The Kier molecular flexibility index (Phi) is 29.3. The Bertz CT molecular complexity index is 372. The van der Waals surface area contributed by atoms with Gasteiger partial charge in [-0.1, -0.05) is 142 Å². The molecule has 0 unspecified atom stereocenters. The minimum Gasteiger partial charge on any atom is -0.324 e. The normalized spacial score (nSPS) is 11.3. The summed E-state index contributed by atoms with van der Waals surface area (Å²) in [5.74, 6) is 0.213. The summed E-state index contributed by atoms with van der Waals surface area (Å²) in [7, 11) is 0. The second-order valence-corrected chi connectivity index (χ2v) is 10.4. The van der Waals surface area contributed by atoms with Gasteiger partial charge in [0.05, 0.1) is 6.54 Å². The first kappa shape index (κ1) is 32.6. The Morgan fingerprint density at radius 1 is 0.485 bits per heavy atom. The van der Waals surface area contributed by atoms with Crippen molar-refractivity contribution in [3.05, 3.63) is 0 Å². The molecule has 3 nitrogen and oxygen atoms in total. The van der Waals surface area contributed by atoms with Gasteiger partial charge in [0.2, 0.25) is 0 Å². The van der Waals surface area contributed by atoms with Crippen LogP contribution in [0.25, 0.3) is 0 Å². The topological polar surface area (TPSA) is 55.1 Å². The highest BCUT2D eigenvalue weighted by Gasteiger charge is 1.98. The van der Waals surface area contributed by atoms with E-state index < -0.39 is 0 Å². The smallest absolute Gasteiger partial charge is 0.146 e. The van der Waals surface area contributed by atoms with Gasteiger partial charge in [-0.25, -0.2) is 0 Å². The predicted molar refractivity (Wildman–Crippen MR) is 148 cm³/mol. The minimum atomic E-state index is 0.213. The average Bonchev–Trinajstić information content (AvgIpc) is 2.83. The first-order valence-electron chi connectivity index (χ1n) is 15.2. The molecule has 0 aromatic rings. The van der Waals surface area contributed by atoms with Crippen LogP contribution in [0.15, 0.2) is 0 Å². The molecule has 0 saturated carbocycles. The summed E-state index contributed by atoms with van der Waals surface area (Å²) in [6.07, 6.45) is 33.9. The SMILES string of the molecule is CCCCCCCCCCCCCCNCCCCCCCCCCCCCCC(=O)CN. The molecule has 0 aromatic heterocycles. The first-order valence-corrected chi connectivity index (χ1v) is 15.2. The number of Topliss-reactive ketones (excluding diaryl/α,β-unsaturated/α-hetero) is 1. The summed E-state index contributed by atoms with van der Waals surface area (Å²) in [4.78, 5) is 11.1. The van der Waals surface area contributed by atoms with E-state index in [0.717, 1.165) is 6.42 Å². The number of carbonyl (C=O) groups is 1. The highest BCUT2D eigenvalue weighted by atomic mass is 16.1. The van der Waals surface area contributed by atoms with Crippen LogP contribution in [-0.4, -0.2) is 25.4 Å². The third-order valence-corrected chi connectivity index (χ3v) is 6.99. The molecule has 3 heteroatoms. The molecule has 0 bridgehead atoms. The highest BCUT2D eigenvalue weighted by Crippen LogP contribution is 2.13. The van der Waals surface area contributed by atoms with Crippen LogP contribution in [0.2, 0.25) is 0 Å². The van der Waals surface area contributed by atoms with Crippen molar-refractivity contribution in [3.8, 4) is 0 Å². The summed E-state index contributed by atoms with van der Waals surface area (Å²) in [5.41, 5.74) is 5.33. The third-order valence-electron chi connectivity index (χ3n) is 6.99. The molecule has 33 heavy (non-hydrogen) atoms. The largest absolute Gasteiger partial charge is 0.324 e. The summed E-state index contributed by atoms with van der Waals surface area (Å²) in [5, 5.41) is 3.65. The number of rotatable bonds is 29. The number of ketones is 1. The van der Waals surface area contributed by atoms with Crippen LogP contribution >= 0.6 is 0 Å². The fraction of sp³-hybridized carbons (Fsp3) is 0.967. The minimum absolute atomic E-state index is 0.213. The van der Waals surface area contributed by atoms with Gasteiger partial charge in [-0.3, -0.25) is 4.79 Å². The van der Waals surface area contributed by atoms with E-state index in [0.29, 0.717) is 6.42 Å². The second kappa shape index (κ2) is 29.6. The van der Waals surface area contributed by atoms with E-state index in [2.05, 4.69) is 12.2 Å². The van der Waals surface area contributed by atoms with Crippen LogP contribution in [0.4, 0.5) is 0 Å². The maximum Gasteiger partial charge on any atom is 0.146 e. The van der Waals surface area contributed by atoms with Gasteiger partial charge >= 0.3 is 0 Å². The van der Waals surface area contributed by atoms with Crippen molar-refractivity contribution in [1.82, 2.24) is 5.32 Å². The van der Waals surface area contributed by atoms with Gasteiger partial charge < -0.3 is 11.1 Å². The summed E-state index contributed by atoms with van der Waals surface area (Å²) >= 11 is 0. The van der Waals surface area contributed by atoms with E-state index in [1.54, 1.807) is 0 Å². The number of nitrogens with one attached hydrogen (secondary N) is 1. The van der Waals surface area contributed by atoms with Gasteiger partial charge in [-0.15, -0.1) is 0 Å². The standard InChI is InChI=1S/C30H62N2O/c1-2-3-4-5-6-7-8-12-15-18-21-24-27-32-28-25-22-19-16-13-10-9-11-14-17-20-23-26-30(33)29-31/h32H,2-29,31H2,1H3. The third kappa shape index (κ3) is 29.6. The van der Waals surface area contributed by atoms with Crippen LogP contribution in [0.5, 0.6) is 0 Å². The zero-order valence-electron chi connectivity index (χ0n) is 22.8. The van der Waals surface area contributed by atoms with Crippen LogP contribution in [-0.2, 0) is 4.79 Å². The summed E-state index contributed by atoms with van der Waals surface area (Å²) in [6, 6.07) is 0. The molecule has 0 saturated heterocycles. The molecule has 0 aliphatic heterocycles. The van der Waals surface area contributed by atoms with Gasteiger partial charge in [0.1, 0.15) is 5.78 Å². The molecular formula is C30H62N2O. The lowest BCUT2D eigenvalue weighted by Crippen LogP contribution is -2.16. The molecule has 0 aliphatic rings. The molecule has 0 radical (unpaired) electrons. The lowest BCUT2D eigenvalue weighted by atomic mass is 10.0. The Balaban J connectivity index is 3.02. The number of unbranched alkanes of at least 4 members (excludes halogenated alkanes) is 22. The average molecular weight is 467 g/mol. The number of carbonyl (C=O) groups excluding carboxylic acids is 1. The van der Waals surface area contributed by atoms with E-state index in [-0.39, 0.29) is 12.3 Å².